The van der Waals surface area contributed by atoms with E-state index >= 15 is 0 Å². The molecule has 2 aromatic carbocycles. The maximum atomic E-state index is 6.42. The lowest BCUT2D eigenvalue weighted by Crippen LogP contribution is -2.50. The summed E-state index contributed by atoms with van der Waals surface area (Å²) in [6, 6.07) is 13.8. The van der Waals surface area contributed by atoms with Crippen LogP contribution in [0.1, 0.15) is 25.0 Å². The maximum Gasteiger partial charge on any atom is 0.163 e. The fourth-order valence-corrected chi connectivity index (χ4v) is 4.34. The van der Waals surface area contributed by atoms with Crippen molar-refractivity contribution in [2.45, 2.75) is 57.1 Å². The van der Waals surface area contributed by atoms with Crippen molar-refractivity contribution in [1.29, 1.82) is 0 Å². The lowest BCUT2D eigenvalue weighted by Gasteiger charge is -2.38. The first-order valence-electron chi connectivity index (χ1n) is 10.9. The highest BCUT2D eigenvalue weighted by atomic mass is 16.7. The van der Waals surface area contributed by atoms with E-state index in [2.05, 4.69) is 0 Å². The molecule has 2 fully saturated rings. The Hall–Kier alpha value is -2.32. The summed E-state index contributed by atoms with van der Waals surface area (Å²) < 4.78 is 41.6. The fourth-order valence-electron chi connectivity index (χ4n) is 4.34. The Bertz CT molecular complexity index is 873. The summed E-state index contributed by atoms with van der Waals surface area (Å²) in [6.07, 6.45) is -0.443. The lowest BCUT2D eigenvalue weighted by molar-refractivity contribution is -0.302. The van der Waals surface area contributed by atoms with Crippen LogP contribution in [-0.4, -0.2) is 58.1 Å². The van der Waals surface area contributed by atoms with Gasteiger partial charge in [-0.05, 0) is 19.4 Å². The first-order valence-corrected chi connectivity index (χ1v) is 10.9. The van der Waals surface area contributed by atoms with Crippen molar-refractivity contribution < 1.29 is 33.2 Å². The van der Waals surface area contributed by atoms with Crippen LogP contribution in [0.3, 0.4) is 0 Å². The summed E-state index contributed by atoms with van der Waals surface area (Å²) >= 11 is 0. The molecule has 0 bridgehead atoms. The number of hydrogen-bond donors (Lipinski definition) is 0. The summed E-state index contributed by atoms with van der Waals surface area (Å²) in [7, 11) is 4.89. The molecule has 32 heavy (non-hydrogen) atoms. The van der Waals surface area contributed by atoms with Gasteiger partial charge in [-0.25, -0.2) is 0 Å². The summed E-state index contributed by atoms with van der Waals surface area (Å²) in [5, 5.41) is 0. The monoisotopic (exact) mass is 444 g/mol. The highest BCUT2D eigenvalue weighted by Crippen LogP contribution is 2.40. The summed E-state index contributed by atoms with van der Waals surface area (Å²) in [5.41, 5.74) is 1.99. The van der Waals surface area contributed by atoms with Crippen LogP contribution in [0.15, 0.2) is 42.5 Å². The Morgan fingerprint density at radius 2 is 1.66 bits per heavy atom. The third-order valence-corrected chi connectivity index (χ3v) is 5.93. The highest BCUT2D eigenvalue weighted by Gasteiger charge is 2.51. The molecule has 2 heterocycles. The molecule has 0 amide bonds. The predicted molar refractivity (Wildman–Crippen MR) is 118 cm³/mol. The van der Waals surface area contributed by atoms with Gasteiger partial charge in [-0.2, -0.15) is 0 Å². The van der Waals surface area contributed by atoms with Crippen LogP contribution in [0, 0.1) is 0 Å². The number of fused-ring (bicyclic) bond motifs is 1. The highest BCUT2D eigenvalue weighted by molar-refractivity contribution is 5.51. The second-order valence-electron chi connectivity index (χ2n) is 8.48. The van der Waals surface area contributed by atoms with Gasteiger partial charge in [0.2, 0.25) is 0 Å². The van der Waals surface area contributed by atoms with E-state index in [1.165, 1.54) is 0 Å². The van der Waals surface area contributed by atoms with E-state index in [4.69, 9.17) is 33.2 Å². The Balaban J connectivity index is 1.61. The molecule has 0 aromatic heterocycles. The van der Waals surface area contributed by atoms with Gasteiger partial charge in [-0.3, -0.25) is 0 Å². The zero-order chi connectivity index (χ0) is 22.7. The molecule has 0 N–H and O–H groups in total. The number of ether oxygens (including phenoxy) is 7. The third kappa shape index (κ3) is 4.86. The standard InChI is InChI=1S/C25H32O7/c1-25(2)30-15-22-24(32-25)23(29-14-16-9-7-6-8-10-16)21(31-22)13-18-19(27-4)11-17(26-3)12-20(18)28-5/h6-12,21-24H,13-15H2,1-5H3/t21-,22+,23-,24-/m0/s1. The molecule has 0 saturated carbocycles. The third-order valence-electron chi connectivity index (χ3n) is 5.93. The van der Waals surface area contributed by atoms with Gasteiger partial charge in [-0.15, -0.1) is 0 Å². The Labute approximate surface area is 189 Å². The summed E-state index contributed by atoms with van der Waals surface area (Å²) in [6.45, 7) is 4.76. The minimum atomic E-state index is -0.691. The topological polar surface area (TPSA) is 64.6 Å². The molecule has 2 saturated heterocycles. The van der Waals surface area contributed by atoms with Crippen LogP contribution in [0.4, 0.5) is 0 Å². The van der Waals surface area contributed by atoms with E-state index in [9.17, 15) is 0 Å². The SMILES string of the molecule is COc1cc(OC)c(C[C@@H]2O[C@@H]3COC(C)(C)O[C@@H]3[C@H]2OCc2ccccc2)c(OC)c1. The van der Waals surface area contributed by atoms with E-state index in [-0.39, 0.29) is 24.4 Å². The largest absolute Gasteiger partial charge is 0.496 e. The fraction of sp³-hybridized carbons (Fsp3) is 0.520. The first-order chi connectivity index (χ1) is 15.4. The minimum Gasteiger partial charge on any atom is -0.496 e. The van der Waals surface area contributed by atoms with Crippen molar-refractivity contribution in [3.05, 3.63) is 53.6 Å². The van der Waals surface area contributed by atoms with Gasteiger partial charge in [-0.1, -0.05) is 30.3 Å². The normalized spacial score (nSPS) is 26.4. The average molecular weight is 445 g/mol. The number of rotatable bonds is 8. The van der Waals surface area contributed by atoms with Crippen LogP contribution in [0.5, 0.6) is 17.2 Å². The van der Waals surface area contributed by atoms with Crippen molar-refractivity contribution in [3.8, 4) is 17.2 Å². The van der Waals surface area contributed by atoms with Crippen LogP contribution < -0.4 is 14.2 Å². The predicted octanol–water partition coefficient (Wildman–Crippen LogP) is 3.76. The van der Waals surface area contributed by atoms with E-state index in [0.29, 0.717) is 36.9 Å². The summed E-state index contributed by atoms with van der Waals surface area (Å²) in [4.78, 5) is 0. The van der Waals surface area contributed by atoms with Crippen molar-refractivity contribution in [3.63, 3.8) is 0 Å². The maximum absolute atomic E-state index is 6.42. The Morgan fingerprint density at radius 3 is 2.28 bits per heavy atom. The van der Waals surface area contributed by atoms with Gasteiger partial charge in [0.05, 0.1) is 40.6 Å². The van der Waals surface area contributed by atoms with E-state index < -0.39 is 5.79 Å². The van der Waals surface area contributed by atoms with Crippen LogP contribution >= 0.6 is 0 Å². The quantitative estimate of drug-likeness (QED) is 0.614. The van der Waals surface area contributed by atoms with Crippen molar-refractivity contribution >= 4 is 0 Å². The second kappa shape index (κ2) is 9.67. The van der Waals surface area contributed by atoms with Crippen molar-refractivity contribution in [2.75, 3.05) is 27.9 Å². The molecule has 0 aliphatic carbocycles. The minimum absolute atomic E-state index is 0.205. The number of hydrogen-bond acceptors (Lipinski definition) is 7. The van der Waals surface area contributed by atoms with Gasteiger partial charge in [0.1, 0.15) is 35.6 Å². The molecule has 2 aromatic rings. The molecule has 0 spiro atoms. The Morgan fingerprint density at radius 1 is 0.969 bits per heavy atom. The molecule has 4 rings (SSSR count). The van der Waals surface area contributed by atoms with Gasteiger partial charge in [0, 0.05) is 24.1 Å². The zero-order valence-electron chi connectivity index (χ0n) is 19.3. The van der Waals surface area contributed by atoms with Crippen LogP contribution in [0.25, 0.3) is 0 Å². The zero-order valence-corrected chi connectivity index (χ0v) is 19.3. The summed E-state index contributed by atoms with van der Waals surface area (Å²) in [5.74, 6) is 1.33. The smallest absolute Gasteiger partial charge is 0.163 e. The Kier molecular flexibility index (Phi) is 6.90. The molecule has 2 aliphatic rings. The van der Waals surface area contributed by atoms with Crippen molar-refractivity contribution in [2.24, 2.45) is 0 Å². The van der Waals surface area contributed by atoms with E-state index in [0.717, 1.165) is 11.1 Å². The van der Waals surface area contributed by atoms with Gasteiger partial charge in [0.25, 0.3) is 0 Å². The molecule has 174 valence electrons. The molecule has 0 radical (unpaired) electrons. The van der Waals surface area contributed by atoms with Gasteiger partial charge in [0.15, 0.2) is 5.79 Å². The molecule has 7 nitrogen and oxygen atoms in total. The molecule has 0 unspecified atom stereocenters. The average Bonchev–Trinajstić information content (AvgIpc) is 3.13. The van der Waals surface area contributed by atoms with Crippen molar-refractivity contribution in [1.82, 2.24) is 0 Å². The first kappa shape index (κ1) is 22.9. The lowest BCUT2D eigenvalue weighted by atomic mass is 9.98. The van der Waals surface area contributed by atoms with E-state index in [1.807, 2.05) is 56.3 Å². The molecule has 7 heteroatoms. The molecular weight excluding hydrogens is 412 g/mol. The molecular formula is C25H32O7. The number of methoxy groups -OCH3 is 3. The molecule has 2 aliphatic heterocycles. The van der Waals surface area contributed by atoms with Crippen LogP contribution in [0.2, 0.25) is 0 Å². The molecule has 4 atom stereocenters. The second-order valence-corrected chi connectivity index (χ2v) is 8.48. The van der Waals surface area contributed by atoms with Gasteiger partial charge >= 0.3 is 0 Å². The van der Waals surface area contributed by atoms with Gasteiger partial charge < -0.3 is 33.2 Å². The number of benzene rings is 2. The van der Waals surface area contributed by atoms with E-state index in [1.54, 1.807) is 21.3 Å². The van der Waals surface area contributed by atoms with Crippen LogP contribution in [-0.2, 0) is 32.0 Å².